The van der Waals surface area contributed by atoms with Crippen molar-refractivity contribution in [1.29, 1.82) is 0 Å². The summed E-state index contributed by atoms with van der Waals surface area (Å²) in [6, 6.07) is 8.00. The molecule has 148 valence electrons. The number of nitrogens with two attached hydrogens (primary N) is 1. The quantitative estimate of drug-likeness (QED) is 0.596. The van der Waals surface area contributed by atoms with Gasteiger partial charge in [0.2, 0.25) is 5.91 Å². The fourth-order valence-electron chi connectivity index (χ4n) is 2.16. The summed E-state index contributed by atoms with van der Waals surface area (Å²) in [7, 11) is 1.33. The molecule has 0 saturated heterocycles. The highest BCUT2D eigenvalue weighted by Gasteiger charge is 2.17. The largest absolute Gasteiger partial charge is 0.493 e. The van der Waals surface area contributed by atoms with Gasteiger partial charge in [-0.2, -0.15) is 0 Å². The summed E-state index contributed by atoms with van der Waals surface area (Å²) in [4.78, 5) is 35.0. The van der Waals surface area contributed by atoms with Crippen molar-refractivity contribution in [2.45, 2.75) is 6.42 Å². The van der Waals surface area contributed by atoms with Gasteiger partial charge in [0, 0.05) is 5.56 Å². The minimum atomic E-state index is -0.705. The van der Waals surface area contributed by atoms with E-state index in [0.29, 0.717) is 5.56 Å². The predicted octanol–water partition coefficient (Wildman–Crippen LogP) is 1.36. The molecule has 8 nitrogen and oxygen atoms in total. The van der Waals surface area contributed by atoms with E-state index in [1.54, 1.807) is 0 Å². The van der Waals surface area contributed by atoms with E-state index in [-0.39, 0.29) is 28.5 Å². The highest BCUT2D eigenvalue weighted by Crippen LogP contribution is 2.36. The predicted molar refractivity (Wildman–Crippen MR) is 98.4 cm³/mol. The summed E-state index contributed by atoms with van der Waals surface area (Å²) in [6.07, 6.45) is -0.0511. The number of hydrogen-bond acceptors (Lipinski definition) is 5. The number of hydrogen-bond donors (Lipinski definition) is 3. The van der Waals surface area contributed by atoms with Crippen LogP contribution in [-0.2, 0) is 16.0 Å². The molecule has 0 radical (unpaired) electrons. The molecule has 0 aliphatic carbocycles. The first-order valence-electron chi connectivity index (χ1n) is 7.92. The van der Waals surface area contributed by atoms with Crippen LogP contribution in [-0.4, -0.2) is 31.4 Å². The van der Waals surface area contributed by atoms with Crippen molar-refractivity contribution in [3.63, 3.8) is 0 Å². The number of nitrogens with one attached hydrogen (secondary N) is 2. The van der Waals surface area contributed by atoms with E-state index >= 15 is 0 Å². The molecule has 0 spiro atoms. The number of carbonyl (C=O) groups excluding carboxylic acids is 3. The maximum absolute atomic E-state index is 12.9. The average molecular weight is 410 g/mol. The second-order valence-electron chi connectivity index (χ2n) is 5.55. The number of benzene rings is 2. The normalized spacial score (nSPS) is 10.1. The molecule has 0 atom stereocenters. The van der Waals surface area contributed by atoms with Crippen LogP contribution in [0, 0.1) is 5.82 Å². The summed E-state index contributed by atoms with van der Waals surface area (Å²) < 4.78 is 23.1. The third-order valence-corrected chi connectivity index (χ3v) is 3.72. The number of halogens is 2. The molecule has 0 aliphatic rings. The van der Waals surface area contributed by atoms with Crippen LogP contribution < -0.4 is 26.1 Å². The molecule has 0 saturated carbocycles. The maximum Gasteiger partial charge on any atom is 0.269 e. The van der Waals surface area contributed by atoms with Gasteiger partial charge in [0.1, 0.15) is 5.82 Å². The molecule has 0 unspecified atom stereocenters. The van der Waals surface area contributed by atoms with E-state index in [1.807, 2.05) is 0 Å². The topological polar surface area (TPSA) is 120 Å². The lowest BCUT2D eigenvalue weighted by Gasteiger charge is -2.13. The standard InChI is InChI=1S/C18H17ClFN3O5/c1-27-14-8-11(7-13(19)17(14)28-9-15(21)24)18(26)23-22-16(25)6-10-2-4-12(20)5-3-10/h2-5,7-8H,6,9H2,1H3,(H2,21,24)(H,22,25)(H,23,26). The highest BCUT2D eigenvalue weighted by atomic mass is 35.5. The number of hydrazine groups is 1. The van der Waals surface area contributed by atoms with E-state index in [2.05, 4.69) is 10.9 Å². The molecule has 2 aromatic rings. The van der Waals surface area contributed by atoms with Crippen molar-refractivity contribution in [2.75, 3.05) is 13.7 Å². The Kier molecular flexibility index (Phi) is 7.16. The summed E-state index contributed by atoms with van der Waals surface area (Å²) in [6.45, 7) is -0.416. The fourth-order valence-corrected chi connectivity index (χ4v) is 2.43. The zero-order valence-electron chi connectivity index (χ0n) is 14.8. The zero-order valence-corrected chi connectivity index (χ0v) is 15.5. The molecule has 2 aromatic carbocycles. The van der Waals surface area contributed by atoms with Crippen molar-refractivity contribution >= 4 is 29.3 Å². The van der Waals surface area contributed by atoms with Gasteiger partial charge < -0.3 is 15.2 Å². The molecule has 4 N–H and O–H groups in total. The average Bonchev–Trinajstić information content (AvgIpc) is 2.66. The second-order valence-corrected chi connectivity index (χ2v) is 5.96. The number of ether oxygens (including phenoxy) is 2. The Morgan fingerprint density at radius 1 is 1.14 bits per heavy atom. The van der Waals surface area contributed by atoms with Gasteiger partial charge in [-0.3, -0.25) is 25.2 Å². The second kappa shape index (κ2) is 9.56. The van der Waals surface area contributed by atoms with Crippen molar-refractivity contribution in [3.05, 3.63) is 58.4 Å². The molecule has 0 heterocycles. The molecule has 0 fully saturated rings. The van der Waals surface area contributed by atoms with Crippen LogP contribution in [0.5, 0.6) is 11.5 Å². The third kappa shape index (κ3) is 5.85. The zero-order chi connectivity index (χ0) is 20.7. The van der Waals surface area contributed by atoms with E-state index < -0.39 is 30.1 Å². The number of carbonyl (C=O) groups is 3. The first-order chi connectivity index (χ1) is 13.3. The lowest BCUT2D eigenvalue weighted by Crippen LogP contribution is -2.42. The van der Waals surface area contributed by atoms with Gasteiger partial charge in [-0.1, -0.05) is 23.7 Å². The number of primary amides is 1. The van der Waals surface area contributed by atoms with Gasteiger partial charge in [0.05, 0.1) is 18.6 Å². The van der Waals surface area contributed by atoms with E-state index in [4.69, 9.17) is 26.8 Å². The number of methoxy groups -OCH3 is 1. The van der Waals surface area contributed by atoms with Gasteiger partial charge in [0.25, 0.3) is 11.8 Å². The first kappa shape index (κ1) is 21.0. The molecule has 10 heteroatoms. The van der Waals surface area contributed by atoms with Crippen LogP contribution in [0.4, 0.5) is 4.39 Å². The van der Waals surface area contributed by atoms with E-state index in [9.17, 15) is 18.8 Å². The monoisotopic (exact) mass is 409 g/mol. The van der Waals surface area contributed by atoms with Crippen molar-refractivity contribution < 1.29 is 28.2 Å². The Labute approximate surface area is 164 Å². The van der Waals surface area contributed by atoms with Crippen LogP contribution in [0.2, 0.25) is 5.02 Å². The molecule has 0 aliphatic heterocycles. The molecular weight excluding hydrogens is 393 g/mol. The minimum Gasteiger partial charge on any atom is -0.493 e. The van der Waals surface area contributed by atoms with Crippen LogP contribution in [0.1, 0.15) is 15.9 Å². The van der Waals surface area contributed by atoms with Gasteiger partial charge in [-0.25, -0.2) is 4.39 Å². The van der Waals surface area contributed by atoms with Gasteiger partial charge in [-0.15, -0.1) is 0 Å². The molecule has 0 aromatic heterocycles. The first-order valence-corrected chi connectivity index (χ1v) is 8.30. The summed E-state index contributed by atoms with van der Waals surface area (Å²) in [5.41, 5.74) is 10.2. The smallest absolute Gasteiger partial charge is 0.269 e. The van der Waals surface area contributed by atoms with Crippen LogP contribution in [0.25, 0.3) is 0 Å². The van der Waals surface area contributed by atoms with Gasteiger partial charge in [-0.05, 0) is 29.8 Å². The highest BCUT2D eigenvalue weighted by molar-refractivity contribution is 6.32. The Balaban J connectivity index is 2.01. The molecule has 0 bridgehead atoms. The van der Waals surface area contributed by atoms with E-state index in [1.165, 1.54) is 43.5 Å². The molecular formula is C18H17ClFN3O5. The molecule has 28 heavy (non-hydrogen) atoms. The lowest BCUT2D eigenvalue weighted by atomic mass is 10.1. The Bertz CT molecular complexity index is 890. The third-order valence-electron chi connectivity index (χ3n) is 3.44. The van der Waals surface area contributed by atoms with Crippen LogP contribution in [0.15, 0.2) is 36.4 Å². The number of amides is 3. The fraction of sp³-hybridized carbons (Fsp3) is 0.167. The van der Waals surface area contributed by atoms with E-state index in [0.717, 1.165) is 0 Å². The number of rotatable bonds is 7. The Morgan fingerprint density at radius 2 is 1.82 bits per heavy atom. The van der Waals surface area contributed by atoms with Gasteiger partial charge in [0.15, 0.2) is 18.1 Å². The summed E-state index contributed by atoms with van der Waals surface area (Å²) in [5.74, 6) is -2.11. The summed E-state index contributed by atoms with van der Waals surface area (Å²) in [5, 5.41) is 0.0170. The summed E-state index contributed by atoms with van der Waals surface area (Å²) >= 11 is 6.07. The maximum atomic E-state index is 12.9. The van der Waals surface area contributed by atoms with Gasteiger partial charge >= 0.3 is 0 Å². The molecule has 2 rings (SSSR count). The molecule has 3 amide bonds. The SMILES string of the molecule is COc1cc(C(=O)NNC(=O)Cc2ccc(F)cc2)cc(Cl)c1OCC(N)=O. The van der Waals surface area contributed by atoms with Crippen LogP contribution in [0.3, 0.4) is 0 Å². The minimum absolute atomic E-state index is 0.0170. The Morgan fingerprint density at radius 3 is 2.43 bits per heavy atom. The van der Waals surface area contributed by atoms with Crippen molar-refractivity contribution in [1.82, 2.24) is 10.9 Å². The lowest BCUT2D eigenvalue weighted by molar-refractivity contribution is -0.121. The van der Waals surface area contributed by atoms with Crippen molar-refractivity contribution in [2.24, 2.45) is 5.73 Å². The Hall–Kier alpha value is -3.33. The van der Waals surface area contributed by atoms with Crippen molar-refractivity contribution in [3.8, 4) is 11.5 Å². The van der Waals surface area contributed by atoms with Crippen LogP contribution >= 0.6 is 11.6 Å².